The summed E-state index contributed by atoms with van der Waals surface area (Å²) in [5.74, 6) is 0.160. The topological polar surface area (TPSA) is 80.6 Å². The second-order valence-corrected chi connectivity index (χ2v) is 8.79. The molecule has 3 N–H and O–H groups in total. The Morgan fingerprint density at radius 2 is 2.14 bits per heavy atom. The number of amides is 1. The summed E-state index contributed by atoms with van der Waals surface area (Å²) in [5, 5.41) is 4.03. The molecule has 0 fully saturated rings. The molecule has 4 rings (SSSR count). The van der Waals surface area contributed by atoms with Gasteiger partial charge in [-0.05, 0) is 55.8 Å². The second kappa shape index (κ2) is 7.25. The van der Waals surface area contributed by atoms with Gasteiger partial charge in [-0.25, -0.2) is 4.39 Å². The van der Waals surface area contributed by atoms with Crippen molar-refractivity contribution in [2.24, 2.45) is 10.7 Å². The Kier molecular flexibility index (Phi) is 4.93. The van der Waals surface area contributed by atoms with Gasteiger partial charge in [0.25, 0.3) is 5.91 Å². The molecule has 5 nitrogen and oxygen atoms in total. The molecule has 0 saturated carbocycles. The van der Waals surface area contributed by atoms with E-state index in [4.69, 9.17) is 10.2 Å². The lowest BCUT2D eigenvalue weighted by Crippen LogP contribution is -2.29. The van der Waals surface area contributed by atoms with Crippen LogP contribution >= 0.6 is 27.7 Å². The van der Waals surface area contributed by atoms with E-state index in [1.54, 1.807) is 18.2 Å². The van der Waals surface area contributed by atoms with Crippen LogP contribution in [0, 0.1) is 5.82 Å². The molecule has 0 aliphatic carbocycles. The molecule has 0 spiro atoms. The average Bonchev–Trinajstić information content (AvgIpc) is 3.06. The van der Waals surface area contributed by atoms with Crippen LogP contribution in [0.3, 0.4) is 0 Å². The molecule has 144 valence electrons. The van der Waals surface area contributed by atoms with Crippen molar-refractivity contribution in [1.29, 1.82) is 0 Å². The van der Waals surface area contributed by atoms with E-state index in [1.807, 2.05) is 19.1 Å². The van der Waals surface area contributed by atoms with E-state index in [0.717, 1.165) is 15.6 Å². The van der Waals surface area contributed by atoms with Crippen LogP contribution in [0.25, 0.3) is 11.0 Å². The number of thioether (sulfide) groups is 1. The van der Waals surface area contributed by atoms with E-state index in [-0.39, 0.29) is 11.6 Å². The number of hydrogen-bond donors (Lipinski definition) is 2. The fourth-order valence-corrected chi connectivity index (χ4v) is 4.57. The molecular formula is C20H17BrFN3O2S. The summed E-state index contributed by atoms with van der Waals surface area (Å²) in [6.07, 6.45) is 0.658. The van der Waals surface area contributed by atoms with Crippen molar-refractivity contribution in [1.82, 2.24) is 0 Å². The Morgan fingerprint density at radius 1 is 1.32 bits per heavy atom. The number of aliphatic imine (C=N–C) groups is 1. The van der Waals surface area contributed by atoms with Gasteiger partial charge in [-0.2, -0.15) is 0 Å². The Morgan fingerprint density at radius 3 is 2.93 bits per heavy atom. The largest absolute Gasteiger partial charge is 0.451 e. The van der Waals surface area contributed by atoms with Crippen LogP contribution < -0.4 is 11.1 Å². The molecule has 3 aromatic rings. The van der Waals surface area contributed by atoms with Crippen molar-refractivity contribution in [3.05, 3.63) is 64.1 Å². The lowest BCUT2D eigenvalue weighted by molar-refractivity contribution is 0.0998. The zero-order valence-electron chi connectivity index (χ0n) is 15.0. The molecule has 2 heterocycles. The minimum Gasteiger partial charge on any atom is -0.451 e. The number of amidine groups is 1. The highest BCUT2D eigenvalue weighted by Crippen LogP contribution is 2.37. The van der Waals surface area contributed by atoms with E-state index in [9.17, 15) is 9.18 Å². The van der Waals surface area contributed by atoms with Gasteiger partial charge in [-0.3, -0.25) is 9.79 Å². The number of benzene rings is 2. The van der Waals surface area contributed by atoms with Gasteiger partial charge in [0.2, 0.25) is 0 Å². The van der Waals surface area contributed by atoms with Gasteiger partial charge in [0, 0.05) is 26.9 Å². The Labute approximate surface area is 173 Å². The normalized spacial score (nSPS) is 19.5. The van der Waals surface area contributed by atoms with Gasteiger partial charge >= 0.3 is 0 Å². The number of nitrogens with two attached hydrogens (primary N) is 1. The maximum absolute atomic E-state index is 14.5. The predicted octanol–water partition coefficient (Wildman–Crippen LogP) is 5.25. The summed E-state index contributed by atoms with van der Waals surface area (Å²) in [5.41, 5.74) is 6.58. The number of furan rings is 1. The Balaban J connectivity index is 1.62. The first-order chi connectivity index (χ1) is 13.3. The third-order valence-corrected chi connectivity index (χ3v) is 5.99. The maximum Gasteiger partial charge on any atom is 0.291 e. The van der Waals surface area contributed by atoms with Crippen molar-refractivity contribution in [2.45, 2.75) is 18.9 Å². The first kappa shape index (κ1) is 19.0. The smallest absolute Gasteiger partial charge is 0.291 e. The first-order valence-corrected chi connectivity index (χ1v) is 10.4. The van der Waals surface area contributed by atoms with Gasteiger partial charge < -0.3 is 15.5 Å². The van der Waals surface area contributed by atoms with Crippen LogP contribution in [0.15, 0.2) is 56.3 Å². The maximum atomic E-state index is 14.5. The van der Waals surface area contributed by atoms with Crippen molar-refractivity contribution in [3.8, 4) is 0 Å². The summed E-state index contributed by atoms with van der Waals surface area (Å²) in [6, 6.07) is 11.6. The van der Waals surface area contributed by atoms with Crippen LogP contribution in [-0.2, 0) is 5.54 Å². The number of halogens is 2. The Hall–Kier alpha value is -2.32. The molecule has 0 saturated heterocycles. The van der Waals surface area contributed by atoms with Crippen molar-refractivity contribution < 1.29 is 13.6 Å². The molecular weight excluding hydrogens is 445 g/mol. The first-order valence-electron chi connectivity index (χ1n) is 8.63. The van der Waals surface area contributed by atoms with Crippen LogP contribution in [0.1, 0.15) is 29.5 Å². The van der Waals surface area contributed by atoms with Crippen LogP contribution in [0.5, 0.6) is 0 Å². The molecule has 2 aromatic carbocycles. The van der Waals surface area contributed by atoms with E-state index >= 15 is 0 Å². The predicted molar refractivity (Wildman–Crippen MR) is 114 cm³/mol. The SMILES string of the molecule is CC1(c2cc(NC(=O)c3cc4cc(Br)ccc4o3)ccc2F)CCSC(N)=N1. The highest BCUT2D eigenvalue weighted by Gasteiger charge is 2.32. The van der Waals surface area contributed by atoms with Gasteiger partial charge in [0.05, 0.1) is 5.54 Å². The minimum absolute atomic E-state index is 0.182. The number of hydrogen-bond acceptors (Lipinski definition) is 5. The summed E-state index contributed by atoms with van der Waals surface area (Å²) >= 11 is 4.85. The van der Waals surface area contributed by atoms with E-state index in [2.05, 4.69) is 26.2 Å². The highest BCUT2D eigenvalue weighted by molar-refractivity contribution is 9.10. The molecule has 1 aromatic heterocycles. The summed E-state index contributed by atoms with van der Waals surface area (Å²) in [6.45, 7) is 1.85. The molecule has 8 heteroatoms. The highest BCUT2D eigenvalue weighted by atomic mass is 79.9. The van der Waals surface area contributed by atoms with Crippen LogP contribution in [0.4, 0.5) is 10.1 Å². The number of nitrogens with one attached hydrogen (secondary N) is 1. The molecule has 1 unspecified atom stereocenters. The van der Waals surface area contributed by atoms with Crippen molar-refractivity contribution in [3.63, 3.8) is 0 Å². The number of fused-ring (bicyclic) bond motifs is 1. The standard InChI is InChI=1S/C20H17BrFN3O2S/c1-20(6-7-28-19(23)25-20)14-10-13(3-4-15(14)22)24-18(26)17-9-11-8-12(21)2-5-16(11)27-17/h2-5,8-10H,6-7H2,1H3,(H2,23,25)(H,24,26). The average molecular weight is 462 g/mol. The van der Waals surface area contributed by atoms with Gasteiger partial charge in [-0.15, -0.1) is 0 Å². The molecule has 0 radical (unpaired) electrons. The molecule has 1 aliphatic heterocycles. The summed E-state index contributed by atoms with van der Waals surface area (Å²) in [4.78, 5) is 17.1. The fourth-order valence-electron chi connectivity index (χ4n) is 3.22. The monoisotopic (exact) mass is 461 g/mol. The van der Waals surface area contributed by atoms with Gasteiger partial charge in [0.15, 0.2) is 10.9 Å². The molecule has 1 aliphatic rings. The number of rotatable bonds is 3. The van der Waals surface area contributed by atoms with Crippen LogP contribution in [0.2, 0.25) is 0 Å². The second-order valence-electron chi connectivity index (χ2n) is 6.76. The lowest BCUT2D eigenvalue weighted by Gasteiger charge is -2.30. The van der Waals surface area contributed by atoms with Crippen molar-refractivity contribution >= 4 is 55.4 Å². The fraction of sp³-hybridized carbons (Fsp3) is 0.200. The number of nitrogens with zero attached hydrogens (tertiary/aromatic N) is 1. The third kappa shape index (κ3) is 3.66. The summed E-state index contributed by atoms with van der Waals surface area (Å²) < 4.78 is 21.0. The molecule has 1 atom stereocenters. The Bertz CT molecular complexity index is 1110. The minimum atomic E-state index is -0.758. The quantitative estimate of drug-likeness (QED) is 0.557. The van der Waals surface area contributed by atoms with Gasteiger partial charge in [-0.1, -0.05) is 27.7 Å². The number of anilines is 1. The lowest BCUT2D eigenvalue weighted by atomic mass is 9.89. The number of carbonyl (C=O) groups is 1. The van der Waals surface area contributed by atoms with E-state index in [0.29, 0.717) is 28.4 Å². The van der Waals surface area contributed by atoms with Gasteiger partial charge in [0.1, 0.15) is 11.4 Å². The number of carbonyl (C=O) groups excluding carboxylic acids is 1. The zero-order chi connectivity index (χ0) is 19.9. The van der Waals surface area contributed by atoms with Crippen LogP contribution in [-0.4, -0.2) is 16.8 Å². The van der Waals surface area contributed by atoms with E-state index in [1.165, 1.54) is 23.9 Å². The molecule has 0 bridgehead atoms. The summed E-state index contributed by atoms with van der Waals surface area (Å²) in [7, 11) is 0. The zero-order valence-corrected chi connectivity index (χ0v) is 17.4. The molecule has 1 amide bonds. The van der Waals surface area contributed by atoms with E-state index < -0.39 is 11.4 Å². The van der Waals surface area contributed by atoms with Crippen molar-refractivity contribution in [2.75, 3.05) is 11.1 Å². The third-order valence-electron chi connectivity index (χ3n) is 4.70. The molecule has 28 heavy (non-hydrogen) atoms.